The molecule has 0 aliphatic carbocycles. The van der Waals surface area contributed by atoms with Crippen molar-refractivity contribution in [2.45, 2.75) is 57.6 Å². The van der Waals surface area contributed by atoms with Gasteiger partial charge in [-0.2, -0.15) is 0 Å². The number of hydrogen-bond donors (Lipinski definition) is 3. The number of rotatable bonds is 14. The third-order valence-electron chi connectivity index (χ3n) is 6.44. The van der Waals surface area contributed by atoms with Crippen molar-refractivity contribution in [2.24, 2.45) is 0 Å². The van der Waals surface area contributed by atoms with Gasteiger partial charge in [0.25, 0.3) is 5.91 Å². The van der Waals surface area contributed by atoms with Crippen LogP contribution >= 0.6 is 11.6 Å². The van der Waals surface area contributed by atoms with Crippen LogP contribution in [0.3, 0.4) is 0 Å². The Bertz CT molecular complexity index is 1050. The average molecular weight is 536 g/mol. The molecule has 37 heavy (non-hydrogen) atoms. The number of nitrogens with zero attached hydrogens (tertiary/aromatic N) is 3. The van der Waals surface area contributed by atoms with Crippen molar-refractivity contribution in [1.82, 2.24) is 20.2 Å². The van der Waals surface area contributed by atoms with Gasteiger partial charge in [0.15, 0.2) is 5.82 Å². The van der Waals surface area contributed by atoms with E-state index in [-0.39, 0.29) is 17.5 Å². The van der Waals surface area contributed by atoms with Crippen LogP contribution in [0.2, 0.25) is 5.02 Å². The molecule has 2 aromatic rings. The van der Waals surface area contributed by atoms with Crippen LogP contribution in [0.1, 0.15) is 54.2 Å². The first-order valence-corrected chi connectivity index (χ1v) is 13.0. The largest absolute Gasteiger partial charge is 0.480 e. The molecule has 2 aromatic heterocycles. The quantitative estimate of drug-likeness (QED) is 0.314. The molecule has 9 nitrogen and oxygen atoms in total. The Morgan fingerprint density at radius 2 is 2.11 bits per heavy atom. The number of carboxylic acids is 1. The van der Waals surface area contributed by atoms with Gasteiger partial charge >= 0.3 is 5.97 Å². The third-order valence-corrected chi connectivity index (χ3v) is 6.73. The van der Waals surface area contributed by atoms with E-state index in [0.29, 0.717) is 13.1 Å². The molecule has 0 spiro atoms. The Morgan fingerprint density at radius 1 is 1.30 bits per heavy atom. The fourth-order valence-electron chi connectivity index (χ4n) is 4.31. The van der Waals surface area contributed by atoms with E-state index < -0.39 is 29.3 Å². The van der Waals surface area contributed by atoms with E-state index in [1.54, 1.807) is 7.11 Å². The molecule has 3 N–H and O–H groups in total. The predicted octanol–water partition coefficient (Wildman–Crippen LogP) is 3.56. The maximum Gasteiger partial charge on any atom is 0.326 e. The normalized spacial score (nSPS) is 14.5. The molecule has 0 fully saturated rings. The fourth-order valence-corrected chi connectivity index (χ4v) is 4.54. The Labute approximate surface area is 221 Å². The summed E-state index contributed by atoms with van der Waals surface area (Å²) in [4.78, 5) is 34.8. The van der Waals surface area contributed by atoms with Gasteiger partial charge in [0, 0.05) is 38.6 Å². The number of methoxy groups -OCH3 is 1. The summed E-state index contributed by atoms with van der Waals surface area (Å²) in [7, 11) is 1.63. The lowest BCUT2D eigenvalue weighted by atomic mass is 10.1. The molecule has 0 radical (unpaired) electrons. The van der Waals surface area contributed by atoms with Crippen LogP contribution in [-0.4, -0.2) is 77.3 Å². The lowest BCUT2D eigenvalue weighted by molar-refractivity contribution is -0.139. The van der Waals surface area contributed by atoms with Crippen LogP contribution in [0, 0.1) is 5.82 Å². The summed E-state index contributed by atoms with van der Waals surface area (Å²) in [5.74, 6) is -2.00. The summed E-state index contributed by atoms with van der Waals surface area (Å²) in [5, 5.41) is 15.2. The van der Waals surface area contributed by atoms with Crippen molar-refractivity contribution in [3.05, 3.63) is 52.2 Å². The van der Waals surface area contributed by atoms with Crippen molar-refractivity contribution < 1.29 is 23.8 Å². The number of nitrogens with one attached hydrogen (secondary N) is 2. The van der Waals surface area contributed by atoms with Crippen LogP contribution in [-0.2, 0) is 22.4 Å². The maximum absolute atomic E-state index is 14.0. The molecular weight excluding hydrogens is 501 g/mol. The summed E-state index contributed by atoms with van der Waals surface area (Å²) in [6.07, 6.45) is 6.97. The van der Waals surface area contributed by atoms with Gasteiger partial charge in [-0.3, -0.25) is 9.78 Å². The van der Waals surface area contributed by atoms with E-state index >= 15 is 0 Å². The first-order valence-electron chi connectivity index (χ1n) is 12.6. The lowest BCUT2D eigenvalue weighted by Gasteiger charge is -2.26. The molecule has 1 amide bonds. The topological polar surface area (TPSA) is 117 Å². The minimum Gasteiger partial charge on any atom is -0.480 e. The number of amides is 1. The Balaban J connectivity index is 1.53. The lowest BCUT2D eigenvalue weighted by Crippen LogP contribution is -2.44. The number of carboxylic acid groups (broad SMARTS) is 1. The number of ether oxygens (including phenoxy) is 1. The molecule has 3 heterocycles. The van der Waals surface area contributed by atoms with Crippen molar-refractivity contribution >= 4 is 29.3 Å². The predicted molar refractivity (Wildman–Crippen MR) is 140 cm³/mol. The van der Waals surface area contributed by atoms with Crippen LogP contribution < -0.4 is 10.6 Å². The van der Waals surface area contributed by atoms with Gasteiger partial charge in [0.05, 0.1) is 22.9 Å². The molecule has 2 atom stereocenters. The van der Waals surface area contributed by atoms with Gasteiger partial charge in [-0.1, -0.05) is 17.7 Å². The highest BCUT2D eigenvalue weighted by Crippen LogP contribution is 2.21. The molecule has 0 saturated heterocycles. The summed E-state index contributed by atoms with van der Waals surface area (Å²) >= 11 is 5.90. The molecular formula is C26H35ClFN5O4. The van der Waals surface area contributed by atoms with E-state index in [1.165, 1.54) is 5.56 Å². The van der Waals surface area contributed by atoms with Crippen LogP contribution in [0.15, 0.2) is 24.5 Å². The zero-order chi connectivity index (χ0) is 26.8. The zero-order valence-corrected chi connectivity index (χ0v) is 22.1. The first-order chi connectivity index (χ1) is 17.8. The Morgan fingerprint density at radius 3 is 2.84 bits per heavy atom. The monoisotopic (exact) mass is 535 g/mol. The second-order valence-electron chi connectivity index (χ2n) is 9.28. The van der Waals surface area contributed by atoms with Gasteiger partial charge in [0.2, 0.25) is 0 Å². The second kappa shape index (κ2) is 14.2. The van der Waals surface area contributed by atoms with Gasteiger partial charge in [-0.15, -0.1) is 0 Å². The number of anilines is 1. The Hall–Kier alpha value is -2.82. The second-order valence-corrected chi connectivity index (χ2v) is 9.68. The smallest absolute Gasteiger partial charge is 0.326 e. The molecule has 1 aliphatic heterocycles. The molecule has 1 aliphatic rings. The summed E-state index contributed by atoms with van der Waals surface area (Å²) < 4.78 is 19.4. The van der Waals surface area contributed by atoms with E-state index in [4.69, 9.17) is 21.3 Å². The standard InChI is InChI=1S/C26H35ClFN5O4/c1-17(37-2)16-33(12-4-3-7-19-9-8-18-6-5-11-30-24(18)31-19)13-10-22(26(35)36)32-25(34)23-20(27)14-29-15-21(23)28/h8-9,14-15,17,22H,3-7,10-13,16H2,1-2H3,(H,30,31)(H,32,34)(H,35,36)/t17-,22+/m1/s1. The molecule has 0 aromatic carbocycles. The average Bonchev–Trinajstić information content (AvgIpc) is 2.88. The minimum atomic E-state index is -1.20. The Kier molecular flexibility index (Phi) is 11.0. The number of carbonyl (C=O) groups excluding carboxylic acids is 1. The highest BCUT2D eigenvalue weighted by atomic mass is 35.5. The van der Waals surface area contributed by atoms with Gasteiger partial charge in [-0.25, -0.2) is 14.2 Å². The highest BCUT2D eigenvalue weighted by molar-refractivity contribution is 6.33. The van der Waals surface area contributed by atoms with E-state index in [9.17, 15) is 19.1 Å². The van der Waals surface area contributed by atoms with Gasteiger partial charge in [-0.05, 0) is 63.6 Å². The van der Waals surface area contributed by atoms with Crippen LogP contribution in [0.4, 0.5) is 10.2 Å². The molecule has 0 unspecified atom stereocenters. The van der Waals surface area contributed by atoms with Crippen molar-refractivity contribution in [1.29, 1.82) is 0 Å². The van der Waals surface area contributed by atoms with Crippen molar-refractivity contribution in [2.75, 3.05) is 38.6 Å². The maximum atomic E-state index is 14.0. The van der Waals surface area contributed by atoms with Crippen LogP contribution in [0.5, 0.6) is 0 Å². The molecule has 0 saturated carbocycles. The number of aryl methyl sites for hydroxylation is 2. The van der Waals surface area contributed by atoms with E-state index in [0.717, 1.165) is 69.1 Å². The summed E-state index contributed by atoms with van der Waals surface area (Å²) in [5.41, 5.74) is 1.91. The summed E-state index contributed by atoms with van der Waals surface area (Å²) in [6, 6.07) is 3.04. The molecule has 0 bridgehead atoms. The molecule has 202 valence electrons. The van der Waals surface area contributed by atoms with E-state index in [1.807, 2.05) is 6.92 Å². The number of pyridine rings is 2. The number of halogens is 2. The van der Waals surface area contributed by atoms with E-state index in [2.05, 4.69) is 32.7 Å². The molecule has 11 heteroatoms. The van der Waals surface area contributed by atoms with Crippen LogP contribution in [0.25, 0.3) is 0 Å². The third kappa shape index (κ3) is 8.62. The van der Waals surface area contributed by atoms with Crippen molar-refractivity contribution in [3.63, 3.8) is 0 Å². The summed E-state index contributed by atoms with van der Waals surface area (Å²) in [6.45, 7) is 4.67. The van der Waals surface area contributed by atoms with Crippen molar-refractivity contribution in [3.8, 4) is 0 Å². The fraction of sp³-hybridized carbons (Fsp3) is 0.538. The molecule has 3 rings (SSSR count). The first kappa shape index (κ1) is 28.7. The zero-order valence-electron chi connectivity index (χ0n) is 21.3. The number of aromatic nitrogens is 2. The minimum absolute atomic E-state index is 0.0454. The number of unbranched alkanes of at least 4 members (excludes halogenated alkanes) is 1. The van der Waals surface area contributed by atoms with Gasteiger partial charge in [0.1, 0.15) is 11.9 Å². The highest BCUT2D eigenvalue weighted by Gasteiger charge is 2.25. The number of fused-ring (bicyclic) bond motifs is 1. The SMILES string of the molecule is CO[C@H](C)CN(CCCCc1ccc2c(n1)NCCC2)CC[C@H](NC(=O)c1c(F)cncc1Cl)C(=O)O. The number of carbonyl (C=O) groups is 2. The number of hydrogen-bond acceptors (Lipinski definition) is 7. The van der Waals surface area contributed by atoms with Gasteiger partial charge < -0.3 is 25.4 Å². The number of aliphatic carboxylic acids is 1.